The molecule has 0 saturated carbocycles. The molecule has 0 fully saturated rings. The number of fused-ring (bicyclic) bond motifs is 1. The monoisotopic (exact) mass is 269 g/mol. The highest BCUT2D eigenvalue weighted by Gasteiger charge is 2.15. The second kappa shape index (κ2) is 5.57. The van der Waals surface area contributed by atoms with Gasteiger partial charge in [0.2, 0.25) is 5.43 Å². The first-order chi connectivity index (χ1) is 9.58. The van der Waals surface area contributed by atoms with E-state index in [1.807, 2.05) is 13.8 Å². The molecule has 20 heavy (non-hydrogen) atoms. The molecule has 2 aromatic rings. The van der Waals surface area contributed by atoms with Crippen LogP contribution in [0.3, 0.4) is 0 Å². The van der Waals surface area contributed by atoms with Crippen molar-refractivity contribution in [2.75, 3.05) is 6.54 Å². The highest BCUT2D eigenvalue weighted by molar-refractivity contribution is 5.96. The van der Waals surface area contributed by atoms with Crippen molar-refractivity contribution in [2.24, 2.45) is 0 Å². The van der Waals surface area contributed by atoms with Crippen molar-refractivity contribution < 1.29 is 4.79 Å². The molecule has 0 aliphatic heterocycles. The van der Waals surface area contributed by atoms with Crippen LogP contribution in [0.5, 0.6) is 0 Å². The van der Waals surface area contributed by atoms with E-state index < -0.39 is 5.91 Å². The van der Waals surface area contributed by atoms with Crippen LogP contribution in [0.15, 0.2) is 23.1 Å². The van der Waals surface area contributed by atoms with Gasteiger partial charge < -0.3 is 9.88 Å². The summed E-state index contributed by atoms with van der Waals surface area (Å²) in [6.07, 6.45) is 6.63. The van der Waals surface area contributed by atoms with Gasteiger partial charge in [0.05, 0.1) is 11.9 Å². The molecule has 0 bridgehead atoms. The summed E-state index contributed by atoms with van der Waals surface area (Å²) in [5.41, 5.74) is 1.17. The fourth-order valence-electron chi connectivity index (χ4n) is 1.99. The number of hydrogen-bond acceptors (Lipinski definition) is 3. The zero-order valence-corrected chi connectivity index (χ0v) is 11.4. The van der Waals surface area contributed by atoms with Crippen molar-refractivity contribution in [3.05, 3.63) is 39.8 Å². The molecule has 0 radical (unpaired) electrons. The van der Waals surface area contributed by atoms with E-state index in [1.54, 1.807) is 16.7 Å². The first-order valence-electron chi connectivity index (χ1n) is 6.31. The summed E-state index contributed by atoms with van der Waals surface area (Å²) < 4.78 is 1.79. The molecule has 2 rings (SSSR count). The van der Waals surface area contributed by atoms with Crippen molar-refractivity contribution in [1.82, 2.24) is 14.9 Å². The van der Waals surface area contributed by atoms with Gasteiger partial charge in [-0.2, -0.15) is 0 Å². The number of rotatable bonds is 3. The van der Waals surface area contributed by atoms with Crippen LogP contribution in [-0.2, 0) is 6.54 Å². The molecule has 0 aromatic carbocycles. The minimum atomic E-state index is -0.461. The van der Waals surface area contributed by atoms with Gasteiger partial charge in [0, 0.05) is 18.4 Å². The van der Waals surface area contributed by atoms with E-state index in [1.165, 1.54) is 6.20 Å². The number of amides is 1. The number of aromatic nitrogens is 2. The Morgan fingerprint density at radius 1 is 1.50 bits per heavy atom. The lowest BCUT2D eigenvalue weighted by molar-refractivity contribution is 0.0957. The number of aryl methyl sites for hydroxylation is 2. The van der Waals surface area contributed by atoms with Gasteiger partial charge in [-0.3, -0.25) is 9.59 Å². The fraction of sp³-hybridized carbons (Fsp3) is 0.267. The van der Waals surface area contributed by atoms with E-state index in [-0.39, 0.29) is 17.5 Å². The lowest BCUT2D eigenvalue weighted by Gasteiger charge is -2.10. The first kappa shape index (κ1) is 13.8. The standard InChI is InChI=1S/C15H15N3O2/c1-4-8-16-15(20)12-9-18(5-2)14-11(13(12)19)7-6-10(3)17-14/h1,6-7,9H,5,8H2,2-3H3,(H,16,20). The molecule has 0 unspecified atom stereocenters. The summed E-state index contributed by atoms with van der Waals surface area (Å²) in [5.74, 6) is 1.85. The SMILES string of the molecule is C#CCNC(=O)c1cn(CC)c2nc(C)ccc2c1=O. The van der Waals surface area contributed by atoms with Crippen molar-refractivity contribution in [3.8, 4) is 12.3 Å². The normalized spacial score (nSPS) is 10.2. The van der Waals surface area contributed by atoms with Gasteiger partial charge in [-0.15, -0.1) is 6.42 Å². The number of nitrogens with one attached hydrogen (secondary N) is 1. The van der Waals surface area contributed by atoms with Crippen LogP contribution in [0.2, 0.25) is 0 Å². The van der Waals surface area contributed by atoms with Crippen LogP contribution >= 0.6 is 0 Å². The third kappa shape index (κ3) is 2.41. The van der Waals surface area contributed by atoms with Gasteiger partial charge in [0.25, 0.3) is 5.91 Å². The highest BCUT2D eigenvalue weighted by Crippen LogP contribution is 2.10. The quantitative estimate of drug-likeness (QED) is 0.848. The van der Waals surface area contributed by atoms with Crippen LogP contribution in [0.4, 0.5) is 0 Å². The lowest BCUT2D eigenvalue weighted by Crippen LogP contribution is -2.30. The summed E-state index contributed by atoms with van der Waals surface area (Å²) in [5, 5.41) is 2.94. The molecule has 2 heterocycles. The highest BCUT2D eigenvalue weighted by atomic mass is 16.2. The van der Waals surface area contributed by atoms with Crippen molar-refractivity contribution >= 4 is 16.9 Å². The Morgan fingerprint density at radius 2 is 2.25 bits per heavy atom. The summed E-state index contributed by atoms with van der Waals surface area (Å²) in [6.45, 7) is 4.49. The molecule has 102 valence electrons. The predicted molar refractivity (Wildman–Crippen MR) is 77.6 cm³/mol. The minimum absolute atomic E-state index is 0.0836. The number of carbonyl (C=O) groups is 1. The zero-order chi connectivity index (χ0) is 14.7. The van der Waals surface area contributed by atoms with E-state index in [4.69, 9.17) is 6.42 Å². The summed E-state index contributed by atoms with van der Waals surface area (Å²) >= 11 is 0. The number of pyridine rings is 2. The second-order valence-electron chi connectivity index (χ2n) is 4.37. The van der Waals surface area contributed by atoms with Gasteiger partial charge in [-0.1, -0.05) is 5.92 Å². The molecule has 0 aliphatic rings. The van der Waals surface area contributed by atoms with Crippen LogP contribution < -0.4 is 10.7 Å². The van der Waals surface area contributed by atoms with Gasteiger partial charge >= 0.3 is 0 Å². The molecular formula is C15H15N3O2. The topological polar surface area (TPSA) is 64.0 Å². The number of carbonyl (C=O) groups excluding carboxylic acids is 1. The van der Waals surface area contributed by atoms with Crippen molar-refractivity contribution in [2.45, 2.75) is 20.4 Å². The molecular weight excluding hydrogens is 254 g/mol. The van der Waals surface area contributed by atoms with E-state index in [0.29, 0.717) is 17.6 Å². The molecule has 2 aromatic heterocycles. The minimum Gasteiger partial charge on any atom is -0.341 e. The molecule has 0 atom stereocenters. The average molecular weight is 269 g/mol. The number of nitrogens with zero attached hydrogens (tertiary/aromatic N) is 2. The van der Waals surface area contributed by atoms with Gasteiger partial charge in [0.1, 0.15) is 11.2 Å². The predicted octanol–water partition coefficient (Wildman–Crippen LogP) is 1.09. The first-order valence-corrected chi connectivity index (χ1v) is 6.31. The zero-order valence-electron chi connectivity index (χ0n) is 11.4. The Morgan fingerprint density at radius 3 is 2.90 bits per heavy atom. The maximum Gasteiger partial charge on any atom is 0.257 e. The van der Waals surface area contributed by atoms with Crippen LogP contribution in [0.1, 0.15) is 23.0 Å². The Kier molecular flexibility index (Phi) is 3.85. The van der Waals surface area contributed by atoms with Gasteiger partial charge in [0.15, 0.2) is 0 Å². The molecule has 0 spiro atoms. The van der Waals surface area contributed by atoms with Crippen LogP contribution in [0, 0.1) is 19.3 Å². The molecule has 5 nitrogen and oxygen atoms in total. The Balaban J connectivity index is 2.67. The Labute approximate surface area is 116 Å². The van der Waals surface area contributed by atoms with Crippen molar-refractivity contribution in [3.63, 3.8) is 0 Å². The average Bonchev–Trinajstić information content (AvgIpc) is 2.45. The van der Waals surface area contributed by atoms with Crippen LogP contribution in [-0.4, -0.2) is 22.0 Å². The van der Waals surface area contributed by atoms with Crippen molar-refractivity contribution in [1.29, 1.82) is 0 Å². The molecule has 5 heteroatoms. The van der Waals surface area contributed by atoms with E-state index in [2.05, 4.69) is 16.2 Å². The summed E-state index contributed by atoms with van der Waals surface area (Å²) in [7, 11) is 0. The largest absolute Gasteiger partial charge is 0.341 e. The number of terminal acetylenes is 1. The second-order valence-corrected chi connectivity index (χ2v) is 4.37. The van der Waals surface area contributed by atoms with Gasteiger partial charge in [-0.25, -0.2) is 4.98 Å². The van der Waals surface area contributed by atoms with E-state index in [9.17, 15) is 9.59 Å². The van der Waals surface area contributed by atoms with E-state index in [0.717, 1.165) is 5.69 Å². The number of hydrogen-bond donors (Lipinski definition) is 1. The summed E-state index contributed by atoms with van der Waals surface area (Å²) in [4.78, 5) is 28.7. The van der Waals surface area contributed by atoms with E-state index >= 15 is 0 Å². The third-order valence-corrected chi connectivity index (χ3v) is 3.00. The summed E-state index contributed by atoms with van der Waals surface area (Å²) in [6, 6.07) is 3.46. The molecule has 1 amide bonds. The van der Waals surface area contributed by atoms with Crippen LogP contribution in [0.25, 0.3) is 11.0 Å². The lowest BCUT2D eigenvalue weighted by atomic mass is 10.1. The smallest absolute Gasteiger partial charge is 0.257 e. The maximum atomic E-state index is 12.3. The molecule has 0 saturated heterocycles. The third-order valence-electron chi connectivity index (χ3n) is 3.00. The Hall–Kier alpha value is -2.61. The maximum absolute atomic E-state index is 12.3. The van der Waals surface area contributed by atoms with Gasteiger partial charge in [-0.05, 0) is 26.0 Å². The molecule has 1 N–H and O–H groups in total. The fourth-order valence-corrected chi connectivity index (χ4v) is 1.99. The Bertz CT molecular complexity index is 769. The molecule has 0 aliphatic carbocycles.